The molecule has 0 N–H and O–H groups in total. The highest BCUT2D eigenvalue weighted by atomic mass is 16.6. The van der Waals surface area contributed by atoms with Crippen molar-refractivity contribution in [2.75, 3.05) is 13.7 Å². The average Bonchev–Trinajstić information content (AvgIpc) is 2.00. The molecular weight excluding hydrogens is 196 g/mol. The Bertz CT molecular complexity index is 227. The summed E-state index contributed by atoms with van der Waals surface area (Å²) in [5, 5.41) is 0. The molecule has 0 aliphatic carbocycles. The Morgan fingerprint density at radius 2 is 1.80 bits per heavy atom. The zero-order valence-corrected chi connectivity index (χ0v) is 10.1. The van der Waals surface area contributed by atoms with Crippen molar-refractivity contribution in [3.63, 3.8) is 0 Å². The standard InChI is InChI=1S/C11H20O4/c1-8(7-14-5)9(12)6-10(13)15-11(2,3)4/h8H,6-7H2,1-5H3/t8-/m1/s1. The van der Waals surface area contributed by atoms with Gasteiger partial charge in [-0.05, 0) is 20.8 Å². The van der Waals surface area contributed by atoms with E-state index >= 15 is 0 Å². The molecule has 0 fully saturated rings. The molecule has 15 heavy (non-hydrogen) atoms. The number of ether oxygens (including phenoxy) is 2. The van der Waals surface area contributed by atoms with Crippen LogP contribution in [0.2, 0.25) is 0 Å². The van der Waals surface area contributed by atoms with Crippen LogP contribution in [0.1, 0.15) is 34.1 Å². The third-order valence-corrected chi connectivity index (χ3v) is 1.70. The molecule has 0 aromatic heterocycles. The number of hydrogen-bond donors (Lipinski definition) is 0. The third kappa shape index (κ3) is 7.08. The smallest absolute Gasteiger partial charge is 0.313 e. The van der Waals surface area contributed by atoms with Gasteiger partial charge in [0.1, 0.15) is 17.8 Å². The molecule has 0 spiro atoms. The second-order valence-corrected chi connectivity index (χ2v) is 4.59. The van der Waals surface area contributed by atoms with Crippen LogP contribution in [0.3, 0.4) is 0 Å². The van der Waals surface area contributed by atoms with Gasteiger partial charge in [-0.25, -0.2) is 0 Å². The Morgan fingerprint density at radius 3 is 2.20 bits per heavy atom. The van der Waals surface area contributed by atoms with E-state index < -0.39 is 11.6 Å². The van der Waals surface area contributed by atoms with E-state index in [1.165, 1.54) is 7.11 Å². The fourth-order valence-electron chi connectivity index (χ4n) is 1.04. The van der Waals surface area contributed by atoms with E-state index in [1.807, 2.05) is 0 Å². The molecule has 0 heterocycles. The largest absolute Gasteiger partial charge is 0.460 e. The number of hydrogen-bond acceptors (Lipinski definition) is 4. The van der Waals surface area contributed by atoms with Crippen LogP contribution in [0, 0.1) is 5.92 Å². The zero-order chi connectivity index (χ0) is 12.1. The second-order valence-electron chi connectivity index (χ2n) is 4.59. The molecule has 0 saturated heterocycles. The second kappa shape index (κ2) is 5.85. The number of carbonyl (C=O) groups excluding carboxylic acids is 2. The minimum absolute atomic E-state index is 0.147. The van der Waals surface area contributed by atoms with Gasteiger partial charge in [0.05, 0.1) is 6.61 Å². The maximum Gasteiger partial charge on any atom is 0.313 e. The molecule has 0 aromatic rings. The molecule has 0 rings (SSSR count). The van der Waals surface area contributed by atoms with Crippen molar-refractivity contribution in [3.8, 4) is 0 Å². The Labute approximate surface area is 90.9 Å². The van der Waals surface area contributed by atoms with Crippen molar-refractivity contribution in [1.82, 2.24) is 0 Å². The Morgan fingerprint density at radius 1 is 1.27 bits per heavy atom. The summed E-state index contributed by atoms with van der Waals surface area (Å²) in [6.45, 7) is 7.38. The van der Waals surface area contributed by atoms with Crippen molar-refractivity contribution in [3.05, 3.63) is 0 Å². The van der Waals surface area contributed by atoms with Gasteiger partial charge in [0.2, 0.25) is 0 Å². The summed E-state index contributed by atoms with van der Waals surface area (Å²) in [5.74, 6) is -0.885. The van der Waals surface area contributed by atoms with E-state index in [4.69, 9.17) is 9.47 Å². The Balaban J connectivity index is 4.02. The van der Waals surface area contributed by atoms with Gasteiger partial charge in [0.25, 0.3) is 0 Å². The molecule has 0 radical (unpaired) electrons. The van der Waals surface area contributed by atoms with E-state index in [2.05, 4.69) is 0 Å². The third-order valence-electron chi connectivity index (χ3n) is 1.70. The van der Waals surface area contributed by atoms with Gasteiger partial charge in [-0.1, -0.05) is 6.92 Å². The fourth-order valence-corrected chi connectivity index (χ4v) is 1.04. The topological polar surface area (TPSA) is 52.6 Å². The number of methoxy groups -OCH3 is 1. The van der Waals surface area contributed by atoms with Crippen molar-refractivity contribution in [1.29, 1.82) is 0 Å². The summed E-state index contributed by atoms with van der Waals surface area (Å²) in [6.07, 6.45) is -0.179. The first kappa shape index (κ1) is 14.1. The van der Waals surface area contributed by atoms with E-state index in [-0.39, 0.29) is 18.1 Å². The van der Waals surface area contributed by atoms with Crippen molar-refractivity contribution < 1.29 is 19.1 Å². The van der Waals surface area contributed by atoms with Gasteiger partial charge in [-0.3, -0.25) is 9.59 Å². The highest BCUT2D eigenvalue weighted by Gasteiger charge is 2.21. The number of ketones is 1. The van der Waals surface area contributed by atoms with E-state index in [9.17, 15) is 9.59 Å². The average molecular weight is 216 g/mol. The first-order chi connectivity index (χ1) is 6.76. The normalized spacial score (nSPS) is 13.4. The van der Waals surface area contributed by atoms with Crippen LogP contribution in [0.5, 0.6) is 0 Å². The van der Waals surface area contributed by atoms with Crippen LogP contribution in [-0.2, 0) is 19.1 Å². The molecule has 0 aliphatic rings. The molecule has 0 aromatic carbocycles. The Kier molecular flexibility index (Phi) is 5.50. The van der Waals surface area contributed by atoms with Crippen molar-refractivity contribution in [2.45, 2.75) is 39.7 Å². The summed E-state index contributed by atoms with van der Waals surface area (Å²) in [4.78, 5) is 22.7. The number of rotatable bonds is 5. The van der Waals surface area contributed by atoms with Gasteiger partial charge in [-0.2, -0.15) is 0 Å². The molecular formula is C11H20O4. The molecule has 88 valence electrons. The molecule has 1 atom stereocenters. The first-order valence-corrected chi connectivity index (χ1v) is 4.99. The molecule has 0 amide bonds. The van der Waals surface area contributed by atoms with Gasteiger partial charge in [-0.15, -0.1) is 0 Å². The van der Waals surface area contributed by atoms with Crippen LogP contribution in [-0.4, -0.2) is 31.1 Å². The van der Waals surface area contributed by atoms with Crippen molar-refractivity contribution >= 4 is 11.8 Å². The quantitative estimate of drug-likeness (QED) is 0.517. The highest BCUT2D eigenvalue weighted by molar-refractivity contribution is 5.96. The van der Waals surface area contributed by atoms with Crippen molar-refractivity contribution in [2.24, 2.45) is 5.92 Å². The molecule has 0 aliphatic heterocycles. The van der Waals surface area contributed by atoms with E-state index in [0.717, 1.165) is 0 Å². The SMILES string of the molecule is COC[C@@H](C)C(=O)CC(=O)OC(C)(C)C. The lowest BCUT2D eigenvalue weighted by Gasteiger charge is -2.19. The maximum absolute atomic E-state index is 11.4. The lowest BCUT2D eigenvalue weighted by molar-refractivity contribution is -0.156. The summed E-state index contributed by atoms with van der Waals surface area (Å²) in [7, 11) is 1.53. The summed E-state index contributed by atoms with van der Waals surface area (Å²) in [6, 6.07) is 0. The first-order valence-electron chi connectivity index (χ1n) is 4.99. The lowest BCUT2D eigenvalue weighted by Crippen LogP contribution is -2.27. The summed E-state index contributed by atoms with van der Waals surface area (Å²) >= 11 is 0. The minimum atomic E-state index is -0.540. The Hall–Kier alpha value is -0.900. The minimum Gasteiger partial charge on any atom is -0.460 e. The van der Waals surface area contributed by atoms with Crippen LogP contribution in [0.25, 0.3) is 0 Å². The van der Waals surface area contributed by atoms with Gasteiger partial charge >= 0.3 is 5.97 Å². The molecule has 0 saturated carbocycles. The van der Waals surface area contributed by atoms with E-state index in [1.54, 1.807) is 27.7 Å². The molecule has 4 heteroatoms. The van der Waals surface area contributed by atoms with Crippen LogP contribution < -0.4 is 0 Å². The number of Topliss-reactive ketones (excluding diaryl/α,β-unsaturated/α-hetero) is 1. The van der Waals surface area contributed by atoms with Gasteiger partial charge < -0.3 is 9.47 Å². The van der Waals surface area contributed by atoms with Gasteiger partial charge in [0, 0.05) is 13.0 Å². The van der Waals surface area contributed by atoms with Crippen LogP contribution in [0.4, 0.5) is 0 Å². The summed E-state index contributed by atoms with van der Waals surface area (Å²) in [5.41, 5.74) is -0.540. The van der Waals surface area contributed by atoms with Gasteiger partial charge in [0.15, 0.2) is 0 Å². The zero-order valence-electron chi connectivity index (χ0n) is 10.1. The van der Waals surface area contributed by atoms with E-state index in [0.29, 0.717) is 6.61 Å². The highest BCUT2D eigenvalue weighted by Crippen LogP contribution is 2.10. The number of carbonyl (C=O) groups is 2. The van der Waals surface area contributed by atoms with Crippen LogP contribution in [0.15, 0.2) is 0 Å². The fraction of sp³-hybridized carbons (Fsp3) is 0.818. The predicted molar refractivity (Wildman–Crippen MR) is 56.5 cm³/mol. The summed E-state index contributed by atoms with van der Waals surface area (Å²) < 4.78 is 9.87. The maximum atomic E-state index is 11.4. The number of esters is 1. The predicted octanol–water partition coefficient (Wildman–Crippen LogP) is 1.57. The molecule has 0 bridgehead atoms. The van der Waals surface area contributed by atoms with Crippen LogP contribution >= 0.6 is 0 Å². The lowest BCUT2D eigenvalue weighted by atomic mass is 10.1. The molecule has 0 unspecified atom stereocenters. The monoisotopic (exact) mass is 216 g/mol. The molecule has 4 nitrogen and oxygen atoms in total.